The number of carbonyl (C=O) groups is 2. The Morgan fingerprint density at radius 2 is 1.55 bits per heavy atom. The van der Waals surface area contributed by atoms with Crippen LogP contribution in [0.3, 0.4) is 0 Å². The van der Waals surface area contributed by atoms with Crippen LogP contribution in [0, 0.1) is 0 Å². The standard InChI is InChI=1S/2C8H14O2/c1-3-4-5-6-7-10-8(2)9;1-2-3-4-5-6-7-8(9)10/h4-5H,3,6-7H2,1-2H3;3-4H,2,5-7H2,1H3,(H,9,10)/b5-4+;4-3+. The number of hydrogen-bond acceptors (Lipinski definition) is 3. The molecule has 0 rings (SSSR count). The van der Waals surface area contributed by atoms with Crippen LogP contribution in [0.2, 0.25) is 0 Å². The molecule has 0 saturated heterocycles. The van der Waals surface area contributed by atoms with Crippen LogP contribution in [0.5, 0.6) is 0 Å². The zero-order chi connectivity index (χ0) is 15.6. The first-order chi connectivity index (χ1) is 9.54. The molecule has 0 aromatic heterocycles. The molecule has 1 N–H and O–H groups in total. The second-order valence-electron chi connectivity index (χ2n) is 4.17. The summed E-state index contributed by atoms with van der Waals surface area (Å²) in [5.41, 5.74) is 0. The van der Waals surface area contributed by atoms with E-state index in [2.05, 4.69) is 26.0 Å². The van der Waals surface area contributed by atoms with Gasteiger partial charge >= 0.3 is 11.9 Å². The van der Waals surface area contributed by atoms with Crippen molar-refractivity contribution in [2.45, 2.75) is 59.3 Å². The quantitative estimate of drug-likeness (QED) is 0.393. The molecule has 0 saturated carbocycles. The fourth-order valence-electron chi connectivity index (χ4n) is 1.21. The number of carboxylic acid groups (broad SMARTS) is 1. The number of carbonyl (C=O) groups excluding carboxylic acids is 1. The van der Waals surface area contributed by atoms with Crippen LogP contribution >= 0.6 is 0 Å². The first-order valence-electron chi connectivity index (χ1n) is 7.19. The van der Waals surface area contributed by atoms with Crippen molar-refractivity contribution in [3.63, 3.8) is 0 Å². The molecule has 0 aliphatic rings. The van der Waals surface area contributed by atoms with E-state index >= 15 is 0 Å². The van der Waals surface area contributed by atoms with Crippen LogP contribution in [-0.4, -0.2) is 23.7 Å². The number of rotatable bonds is 9. The van der Waals surface area contributed by atoms with Gasteiger partial charge in [0.1, 0.15) is 0 Å². The molecule has 0 fully saturated rings. The minimum atomic E-state index is -0.704. The number of ether oxygens (including phenoxy) is 1. The maximum atomic E-state index is 10.2. The van der Waals surface area contributed by atoms with Crippen LogP contribution in [-0.2, 0) is 14.3 Å². The third-order valence-corrected chi connectivity index (χ3v) is 2.16. The van der Waals surface area contributed by atoms with Crippen LogP contribution < -0.4 is 0 Å². The molecule has 0 aliphatic carbocycles. The Morgan fingerprint density at radius 1 is 1.00 bits per heavy atom. The second kappa shape index (κ2) is 17.4. The summed E-state index contributed by atoms with van der Waals surface area (Å²) in [5.74, 6) is -0.908. The van der Waals surface area contributed by atoms with Crippen LogP contribution in [0.4, 0.5) is 0 Å². The van der Waals surface area contributed by atoms with Crippen LogP contribution in [0.15, 0.2) is 24.3 Å². The first kappa shape index (κ1) is 20.7. The highest BCUT2D eigenvalue weighted by Crippen LogP contribution is 1.96. The lowest BCUT2D eigenvalue weighted by atomic mass is 10.2. The van der Waals surface area contributed by atoms with Crippen molar-refractivity contribution in [2.24, 2.45) is 0 Å². The van der Waals surface area contributed by atoms with Gasteiger partial charge in [0.05, 0.1) is 6.61 Å². The maximum absolute atomic E-state index is 10.2. The Balaban J connectivity index is 0. The first-order valence-corrected chi connectivity index (χ1v) is 7.19. The topological polar surface area (TPSA) is 63.6 Å². The highest BCUT2D eigenvalue weighted by atomic mass is 16.5. The molecule has 20 heavy (non-hydrogen) atoms. The number of carboxylic acids is 1. The highest BCUT2D eigenvalue weighted by Gasteiger charge is 1.92. The van der Waals surface area contributed by atoms with E-state index < -0.39 is 5.97 Å². The molecular formula is C16H28O4. The van der Waals surface area contributed by atoms with E-state index in [0.717, 1.165) is 32.1 Å². The molecule has 0 radical (unpaired) electrons. The average molecular weight is 284 g/mol. The Hall–Kier alpha value is -1.58. The second-order valence-corrected chi connectivity index (χ2v) is 4.17. The zero-order valence-electron chi connectivity index (χ0n) is 12.9. The van der Waals surface area contributed by atoms with Gasteiger partial charge in [0.25, 0.3) is 0 Å². The van der Waals surface area contributed by atoms with Gasteiger partial charge in [-0.2, -0.15) is 0 Å². The van der Waals surface area contributed by atoms with E-state index in [0.29, 0.717) is 6.61 Å². The van der Waals surface area contributed by atoms with Gasteiger partial charge in [0.2, 0.25) is 0 Å². The fourth-order valence-corrected chi connectivity index (χ4v) is 1.21. The lowest BCUT2D eigenvalue weighted by molar-refractivity contribution is -0.141. The SMILES string of the molecule is CC/C=C/CCCC(=O)O.CC/C=C/CCOC(C)=O. The van der Waals surface area contributed by atoms with Crippen molar-refractivity contribution in [2.75, 3.05) is 6.61 Å². The predicted octanol–water partition coefficient (Wildman–Crippen LogP) is 4.11. The number of esters is 1. The van der Waals surface area contributed by atoms with Gasteiger partial charge < -0.3 is 9.84 Å². The van der Waals surface area contributed by atoms with Crippen LogP contribution in [0.25, 0.3) is 0 Å². The molecule has 0 unspecified atom stereocenters. The third kappa shape index (κ3) is 25.3. The fraction of sp³-hybridized carbons (Fsp3) is 0.625. The van der Waals surface area contributed by atoms with Crippen molar-refractivity contribution >= 4 is 11.9 Å². The van der Waals surface area contributed by atoms with E-state index in [9.17, 15) is 9.59 Å². The van der Waals surface area contributed by atoms with Gasteiger partial charge in [-0.1, -0.05) is 38.2 Å². The predicted molar refractivity (Wildman–Crippen MR) is 81.6 cm³/mol. The summed E-state index contributed by atoms with van der Waals surface area (Å²) >= 11 is 0. The van der Waals surface area contributed by atoms with Gasteiger partial charge in [-0.25, -0.2) is 0 Å². The average Bonchev–Trinajstić information content (AvgIpc) is 2.38. The van der Waals surface area contributed by atoms with Crippen molar-refractivity contribution in [3.8, 4) is 0 Å². The number of hydrogen-bond donors (Lipinski definition) is 1. The molecule has 0 bridgehead atoms. The Kier molecular flexibility index (Phi) is 18.1. The Labute approximate surface area is 122 Å². The van der Waals surface area contributed by atoms with Gasteiger partial charge in [0.15, 0.2) is 0 Å². The normalized spacial score (nSPS) is 10.3. The van der Waals surface area contributed by atoms with Gasteiger partial charge in [-0.15, -0.1) is 0 Å². The van der Waals surface area contributed by atoms with Gasteiger partial charge in [0, 0.05) is 13.3 Å². The zero-order valence-corrected chi connectivity index (χ0v) is 12.9. The van der Waals surface area contributed by atoms with E-state index in [-0.39, 0.29) is 12.4 Å². The molecule has 0 aromatic rings. The lowest BCUT2D eigenvalue weighted by Crippen LogP contribution is -1.98. The third-order valence-electron chi connectivity index (χ3n) is 2.16. The molecular weight excluding hydrogens is 256 g/mol. The summed E-state index contributed by atoms with van der Waals surface area (Å²) in [4.78, 5) is 20.2. The number of unbranched alkanes of at least 4 members (excludes halogenated alkanes) is 1. The Bertz CT molecular complexity index is 263. The minimum Gasteiger partial charge on any atom is -0.481 e. The summed E-state index contributed by atoms with van der Waals surface area (Å²) in [6, 6.07) is 0. The van der Waals surface area contributed by atoms with E-state index in [1.165, 1.54) is 6.92 Å². The summed E-state index contributed by atoms with van der Waals surface area (Å²) in [5, 5.41) is 8.25. The molecule has 0 amide bonds. The van der Waals surface area contributed by atoms with E-state index in [1.807, 2.05) is 12.2 Å². The summed E-state index contributed by atoms with van der Waals surface area (Å²) in [6.07, 6.45) is 13.0. The molecule has 0 aromatic carbocycles. The van der Waals surface area contributed by atoms with Crippen molar-refractivity contribution < 1.29 is 19.4 Å². The number of aliphatic carboxylic acids is 1. The number of allylic oxidation sites excluding steroid dienone is 3. The largest absolute Gasteiger partial charge is 0.481 e. The van der Waals surface area contributed by atoms with E-state index in [4.69, 9.17) is 9.84 Å². The molecule has 0 atom stereocenters. The van der Waals surface area contributed by atoms with E-state index in [1.54, 1.807) is 0 Å². The molecule has 116 valence electrons. The van der Waals surface area contributed by atoms with Gasteiger partial charge in [-0.3, -0.25) is 9.59 Å². The van der Waals surface area contributed by atoms with Crippen molar-refractivity contribution in [3.05, 3.63) is 24.3 Å². The summed E-state index contributed by atoms with van der Waals surface area (Å²) in [7, 11) is 0. The van der Waals surface area contributed by atoms with Crippen molar-refractivity contribution in [1.82, 2.24) is 0 Å². The summed E-state index contributed by atoms with van der Waals surface area (Å²) in [6.45, 7) is 6.06. The van der Waals surface area contributed by atoms with Crippen LogP contribution in [0.1, 0.15) is 59.3 Å². The van der Waals surface area contributed by atoms with Gasteiger partial charge in [-0.05, 0) is 32.1 Å². The monoisotopic (exact) mass is 284 g/mol. The molecule has 4 heteroatoms. The minimum absolute atomic E-state index is 0.204. The maximum Gasteiger partial charge on any atom is 0.303 e. The molecule has 0 heterocycles. The smallest absolute Gasteiger partial charge is 0.303 e. The Morgan fingerprint density at radius 3 is 2.00 bits per heavy atom. The highest BCUT2D eigenvalue weighted by molar-refractivity contribution is 5.66. The lowest BCUT2D eigenvalue weighted by Gasteiger charge is -1.95. The molecule has 4 nitrogen and oxygen atoms in total. The molecule has 0 spiro atoms. The molecule has 0 aliphatic heterocycles. The summed E-state index contributed by atoms with van der Waals surface area (Å²) < 4.78 is 4.70. The van der Waals surface area contributed by atoms with Crippen molar-refractivity contribution in [1.29, 1.82) is 0 Å².